The van der Waals surface area contributed by atoms with Gasteiger partial charge in [0.1, 0.15) is 11.8 Å². The minimum atomic E-state index is -0.829. The fourth-order valence-electron chi connectivity index (χ4n) is 3.69. The van der Waals surface area contributed by atoms with Crippen LogP contribution in [0.15, 0.2) is 59.1 Å². The summed E-state index contributed by atoms with van der Waals surface area (Å²) in [4.78, 5) is 15.3. The van der Waals surface area contributed by atoms with Gasteiger partial charge in [-0.2, -0.15) is 10.2 Å². The number of benzene rings is 3. The number of carboxylic acids is 1. The fraction of sp³-hybridized carbons (Fsp3) is 0.231. The van der Waals surface area contributed by atoms with Gasteiger partial charge in [-0.1, -0.05) is 41.6 Å². The van der Waals surface area contributed by atoms with Gasteiger partial charge in [0, 0.05) is 24.2 Å². The summed E-state index contributed by atoms with van der Waals surface area (Å²) in [5, 5.41) is 27.7. The molecular formula is C26H24N4O4. The van der Waals surface area contributed by atoms with Crippen LogP contribution in [0.3, 0.4) is 0 Å². The Bertz CT molecular complexity index is 1370. The van der Waals surface area contributed by atoms with Gasteiger partial charge in [0.2, 0.25) is 5.82 Å². The molecule has 3 aromatic carbocycles. The third kappa shape index (κ3) is 5.05. The molecule has 0 fully saturated rings. The molecule has 0 radical (unpaired) electrons. The van der Waals surface area contributed by atoms with Crippen LogP contribution in [0.5, 0.6) is 5.75 Å². The van der Waals surface area contributed by atoms with Gasteiger partial charge >= 0.3 is 5.97 Å². The second kappa shape index (κ2) is 10.1. The lowest BCUT2D eigenvalue weighted by molar-refractivity contribution is -0.136. The molecule has 1 heterocycles. The first-order valence-corrected chi connectivity index (χ1v) is 10.9. The maximum absolute atomic E-state index is 10.7. The first-order valence-electron chi connectivity index (χ1n) is 10.9. The van der Waals surface area contributed by atoms with Crippen LogP contribution in [0.2, 0.25) is 0 Å². The monoisotopic (exact) mass is 456 g/mol. The number of ether oxygens (including phenoxy) is 1. The molecule has 34 heavy (non-hydrogen) atoms. The van der Waals surface area contributed by atoms with E-state index in [9.17, 15) is 10.1 Å². The summed E-state index contributed by atoms with van der Waals surface area (Å²) in [6, 6.07) is 19.2. The highest BCUT2D eigenvalue weighted by atomic mass is 16.5. The number of aliphatic carboxylic acids is 1. The molecular weight excluding hydrogens is 432 g/mol. The van der Waals surface area contributed by atoms with Crippen molar-refractivity contribution in [3.63, 3.8) is 0 Å². The van der Waals surface area contributed by atoms with Crippen molar-refractivity contribution in [1.82, 2.24) is 15.5 Å². The average molecular weight is 457 g/mol. The third-order valence-corrected chi connectivity index (χ3v) is 5.22. The number of carboxylic acid groups (broad SMARTS) is 1. The van der Waals surface area contributed by atoms with Crippen LogP contribution in [0.1, 0.15) is 31.4 Å². The second-order valence-corrected chi connectivity index (χ2v) is 8.05. The standard InChI is InChI=1S/C26H24N4O4/c1-16(2)33-23-10-8-17(13-19(23)14-27)26-29-25(30-34-26)22-9-7-18(15-28-12-11-24(31)32)20-5-3-4-6-21(20)22/h3-10,13,16,28H,11-12,15H2,1-2H3,(H,31,32). The van der Waals surface area contributed by atoms with E-state index < -0.39 is 5.97 Å². The Labute approximate surface area is 196 Å². The predicted octanol–water partition coefficient (Wildman–Crippen LogP) is 4.78. The molecule has 2 N–H and O–H groups in total. The van der Waals surface area contributed by atoms with Crippen molar-refractivity contribution < 1.29 is 19.2 Å². The average Bonchev–Trinajstić information content (AvgIpc) is 3.31. The zero-order valence-electron chi connectivity index (χ0n) is 18.9. The van der Waals surface area contributed by atoms with E-state index in [2.05, 4.69) is 21.5 Å². The van der Waals surface area contributed by atoms with Crippen LogP contribution in [0, 0.1) is 11.3 Å². The summed E-state index contributed by atoms with van der Waals surface area (Å²) in [6.07, 6.45) is 0.0244. The molecule has 0 spiro atoms. The summed E-state index contributed by atoms with van der Waals surface area (Å²) < 4.78 is 11.2. The van der Waals surface area contributed by atoms with Crippen LogP contribution >= 0.6 is 0 Å². The van der Waals surface area contributed by atoms with Crippen LogP contribution in [0.4, 0.5) is 0 Å². The summed E-state index contributed by atoms with van der Waals surface area (Å²) in [5.74, 6) is 0.438. The minimum absolute atomic E-state index is 0.0448. The van der Waals surface area contributed by atoms with Gasteiger partial charge in [0.15, 0.2) is 0 Å². The highest BCUT2D eigenvalue weighted by molar-refractivity contribution is 5.97. The SMILES string of the molecule is CC(C)Oc1ccc(-c2nc(-c3ccc(CNCCC(=O)O)c4ccccc34)no2)cc1C#N. The van der Waals surface area contributed by atoms with Crippen molar-refractivity contribution >= 4 is 16.7 Å². The van der Waals surface area contributed by atoms with Crippen molar-refractivity contribution in [2.24, 2.45) is 0 Å². The zero-order chi connectivity index (χ0) is 24.1. The number of rotatable bonds is 9. The van der Waals surface area contributed by atoms with Gasteiger partial charge in [-0.3, -0.25) is 4.79 Å². The second-order valence-electron chi connectivity index (χ2n) is 8.05. The van der Waals surface area contributed by atoms with E-state index in [-0.39, 0.29) is 12.5 Å². The van der Waals surface area contributed by atoms with E-state index in [1.54, 1.807) is 18.2 Å². The van der Waals surface area contributed by atoms with Crippen LogP contribution in [0.25, 0.3) is 33.6 Å². The van der Waals surface area contributed by atoms with Crippen LogP contribution in [-0.4, -0.2) is 33.9 Å². The highest BCUT2D eigenvalue weighted by Gasteiger charge is 2.16. The Morgan fingerprint density at radius 3 is 2.71 bits per heavy atom. The summed E-state index contributed by atoms with van der Waals surface area (Å²) in [6.45, 7) is 4.75. The quantitative estimate of drug-likeness (QED) is 0.345. The number of nitrogens with zero attached hydrogens (tertiary/aromatic N) is 3. The minimum Gasteiger partial charge on any atom is -0.490 e. The molecule has 0 aliphatic rings. The molecule has 4 aromatic rings. The lowest BCUT2D eigenvalue weighted by Gasteiger charge is -2.11. The number of aromatic nitrogens is 2. The molecule has 172 valence electrons. The molecule has 4 rings (SSSR count). The van der Waals surface area contributed by atoms with Crippen molar-refractivity contribution in [2.75, 3.05) is 6.54 Å². The van der Waals surface area contributed by atoms with Gasteiger partial charge in [0.25, 0.3) is 5.89 Å². The Hall–Kier alpha value is -4.22. The molecule has 0 saturated carbocycles. The number of nitriles is 1. The molecule has 0 atom stereocenters. The van der Waals surface area contributed by atoms with Crippen molar-refractivity contribution in [1.29, 1.82) is 5.26 Å². The maximum atomic E-state index is 10.7. The normalized spacial score (nSPS) is 11.0. The molecule has 0 unspecified atom stereocenters. The van der Waals surface area contributed by atoms with Crippen molar-refractivity contribution in [3.8, 4) is 34.7 Å². The first kappa shape index (κ1) is 23.0. The molecule has 0 aliphatic heterocycles. The number of carbonyl (C=O) groups is 1. The number of hydrogen-bond acceptors (Lipinski definition) is 7. The first-order chi connectivity index (χ1) is 16.5. The fourth-order valence-corrected chi connectivity index (χ4v) is 3.69. The van der Waals surface area contributed by atoms with E-state index in [4.69, 9.17) is 14.4 Å². The summed E-state index contributed by atoms with van der Waals surface area (Å²) in [7, 11) is 0. The molecule has 0 saturated heterocycles. The van der Waals surface area contributed by atoms with E-state index in [1.165, 1.54) is 0 Å². The lowest BCUT2D eigenvalue weighted by Crippen LogP contribution is -2.17. The van der Waals surface area contributed by atoms with Gasteiger partial charge in [-0.25, -0.2) is 0 Å². The van der Waals surface area contributed by atoms with E-state index in [0.717, 1.165) is 21.9 Å². The Kier molecular flexibility index (Phi) is 6.85. The maximum Gasteiger partial charge on any atom is 0.304 e. The molecule has 1 aromatic heterocycles. The molecule has 8 heteroatoms. The summed E-state index contributed by atoms with van der Waals surface area (Å²) in [5.41, 5.74) is 2.90. The van der Waals surface area contributed by atoms with Crippen LogP contribution in [-0.2, 0) is 11.3 Å². The number of nitrogens with one attached hydrogen (secondary N) is 1. The molecule has 8 nitrogen and oxygen atoms in total. The number of hydrogen-bond donors (Lipinski definition) is 2. The number of fused-ring (bicyclic) bond motifs is 1. The van der Waals surface area contributed by atoms with Gasteiger partial charge < -0.3 is 19.7 Å². The Morgan fingerprint density at radius 1 is 1.18 bits per heavy atom. The topological polar surface area (TPSA) is 121 Å². The van der Waals surface area contributed by atoms with E-state index >= 15 is 0 Å². The zero-order valence-corrected chi connectivity index (χ0v) is 18.9. The molecule has 0 bridgehead atoms. The van der Waals surface area contributed by atoms with Gasteiger partial charge in [-0.05, 0) is 48.4 Å². The van der Waals surface area contributed by atoms with Crippen molar-refractivity contribution in [2.45, 2.75) is 32.9 Å². The Balaban J connectivity index is 1.63. The smallest absolute Gasteiger partial charge is 0.304 e. The summed E-state index contributed by atoms with van der Waals surface area (Å²) >= 11 is 0. The highest BCUT2D eigenvalue weighted by Crippen LogP contribution is 2.32. The van der Waals surface area contributed by atoms with E-state index in [1.807, 2.05) is 50.2 Å². The third-order valence-electron chi connectivity index (χ3n) is 5.22. The van der Waals surface area contributed by atoms with Crippen LogP contribution < -0.4 is 10.1 Å². The molecule has 0 amide bonds. The van der Waals surface area contributed by atoms with Gasteiger partial charge in [0.05, 0.1) is 18.1 Å². The predicted molar refractivity (Wildman–Crippen MR) is 127 cm³/mol. The Morgan fingerprint density at radius 2 is 1.97 bits per heavy atom. The largest absolute Gasteiger partial charge is 0.490 e. The van der Waals surface area contributed by atoms with Gasteiger partial charge in [-0.15, -0.1) is 0 Å². The molecule has 0 aliphatic carbocycles. The van der Waals surface area contributed by atoms with Crippen molar-refractivity contribution in [3.05, 3.63) is 65.7 Å². The van der Waals surface area contributed by atoms with E-state index in [0.29, 0.717) is 41.7 Å². The lowest BCUT2D eigenvalue weighted by atomic mass is 9.99.